The molecule has 0 saturated heterocycles. The van der Waals surface area contributed by atoms with E-state index in [1.165, 1.54) is 10.5 Å². The lowest BCUT2D eigenvalue weighted by molar-refractivity contribution is -0.120. The first-order valence-corrected chi connectivity index (χ1v) is 14.4. The first-order chi connectivity index (χ1) is 18.2. The molecule has 2 heterocycles. The van der Waals surface area contributed by atoms with Gasteiger partial charge in [0, 0.05) is 27.5 Å². The second kappa shape index (κ2) is 13.8. The van der Waals surface area contributed by atoms with Crippen LogP contribution in [0.1, 0.15) is 65.5 Å². The molecule has 1 aromatic heterocycles. The van der Waals surface area contributed by atoms with Gasteiger partial charge >= 0.3 is 0 Å². The Morgan fingerprint density at radius 2 is 1.58 bits per heavy atom. The van der Waals surface area contributed by atoms with Crippen LogP contribution in [-0.2, 0) is 22.6 Å². The van der Waals surface area contributed by atoms with Crippen LogP contribution in [0.5, 0.6) is 0 Å². The highest BCUT2D eigenvalue weighted by Gasteiger charge is 2.35. The molecule has 0 fully saturated rings. The summed E-state index contributed by atoms with van der Waals surface area (Å²) in [6, 6.07) is 18.4. The molecule has 0 radical (unpaired) electrons. The zero-order valence-corrected chi connectivity index (χ0v) is 25.1. The van der Waals surface area contributed by atoms with Crippen LogP contribution >= 0.6 is 15.9 Å². The summed E-state index contributed by atoms with van der Waals surface area (Å²) in [5.41, 5.74) is 4.25. The number of pyridine rings is 1. The van der Waals surface area contributed by atoms with Crippen LogP contribution in [0, 0.1) is 5.92 Å². The maximum Gasteiger partial charge on any atom is 0.262 e. The van der Waals surface area contributed by atoms with Crippen LogP contribution in [0.25, 0.3) is 10.9 Å². The van der Waals surface area contributed by atoms with Crippen molar-refractivity contribution in [2.75, 3.05) is 18.0 Å². The summed E-state index contributed by atoms with van der Waals surface area (Å²) in [7, 11) is 0. The van der Waals surface area contributed by atoms with E-state index in [1.807, 2.05) is 24.3 Å². The minimum absolute atomic E-state index is 0.282. The molecule has 2 aromatic carbocycles. The molecule has 6 heteroatoms. The second-order valence-electron chi connectivity index (χ2n) is 10.3. The van der Waals surface area contributed by atoms with Crippen molar-refractivity contribution in [2.45, 2.75) is 67.3 Å². The third-order valence-electron chi connectivity index (χ3n) is 6.89. The fourth-order valence-corrected chi connectivity index (χ4v) is 4.79. The van der Waals surface area contributed by atoms with Gasteiger partial charge in [-0.1, -0.05) is 80.0 Å². The van der Waals surface area contributed by atoms with Gasteiger partial charge in [0.2, 0.25) is 0 Å². The molecule has 2 amide bonds. The average Bonchev–Trinajstić information content (AvgIpc) is 3.10. The third-order valence-corrected chi connectivity index (χ3v) is 7.38. The van der Waals surface area contributed by atoms with Gasteiger partial charge in [0.05, 0.1) is 5.52 Å². The Morgan fingerprint density at radius 1 is 0.921 bits per heavy atom. The van der Waals surface area contributed by atoms with E-state index >= 15 is 0 Å². The topological polar surface area (TPSA) is 53.5 Å². The van der Waals surface area contributed by atoms with Crippen molar-refractivity contribution < 1.29 is 9.59 Å². The fourth-order valence-electron chi connectivity index (χ4n) is 4.44. The molecular formula is C32H40BrN3O2. The molecule has 0 aliphatic carbocycles. The van der Waals surface area contributed by atoms with Gasteiger partial charge < -0.3 is 0 Å². The number of anilines is 1. The smallest absolute Gasteiger partial charge is 0.262 e. The van der Waals surface area contributed by atoms with E-state index in [9.17, 15) is 9.59 Å². The molecule has 0 unspecified atom stereocenters. The van der Waals surface area contributed by atoms with Crippen molar-refractivity contribution in [1.82, 2.24) is 9.88 Å². The van der Waals surface area contributed by atoms with Gasteiger partial charge in [-0.25, -0.2) is 9.88 Å². The van der Waals surface area contributed by atoms with Gasteiger partial charge in [0.25, 0.3) is 11.8 Å². The molecule has 38 heavy (non-hydrogen) atoms. The van der Waals surface area contributed by atoms with Crippen LogP contribution in [0.15, 0.2) is 70.2 Å². The summed E-state index contributed by atoms with van der Waals surface area (Å²) in [5.74, 6) is 0.482. The molecule has 0 saturated carbocycles. The number of aryl methyl sites for hydroxylation is 1. The van der Waals surface area contributed by atoms with E-state index in [4.69, 9.17) is 0 Å². The lowest BCUT2D eigenvalue weighted by Gasteiger charge is -2.24. The van der Waals surface area contributed by atoms with Crippen molar-refractivity contribution in [3.63, 3.8) is 0 Å². The Kier molecular flexibility index (Phi) is 10.8. The minimum atomic E-state index is -0.282. The van der Waals surface area contributed by atoms with Crippen LogP contribution in [0.3, 0.4) is 0 Å². The van der Waals surface area contributed by atoms with Gasteiger partial charge in [-0.3, -0.25) is 14.5 Å². The van der Waals surface area contributed by atoms with Crippen LogP contribution in [0.2, 0.25) is 0 Å². The molecule has 0 atom stereocenters. The Hall–Kier alpha value is -2.83. The molecular weight excluding hydrogens is 538 g/mol. The quantitative estimate of drug-likeness (QED) is 0.244. The molecule has 202 valence electrons. The summed E-state index contributed by atoms with van der Waals surface area (Å²) >= 11 is 3.52. The van der Waals surface area contributed by atoms with E-state index in [2.05, 4.69) is 83.8 Å². The molecule has 0 N–H and O–H groups in total. The second-order valence-corrected chi connectivity index (χ2v) is 11.2. The standard InChI is InChI=1S/C24H30BrN3O2.C8H10/c1-6-10-27(11-9-15(2)3)14-18-12-22(26-21-13-19(25)7-8-20(18)21)28-23(29)16(4)17(5)24(28)30;1-2-8-6-4-3-5-7-8/h7-8,12-13,15H,6,9-11,14H2,1-5H3;3-7H,2H2,1H3. The number of carbonyl (C=O) groups is 2. The Bertz CT molecular complexity index is 1280. The number of imide groups is 1. The SMILES string of the molecule is CCCN(CCC(C)C)Cc1cc(N2C(=O)C(C)=C(C)C2=O)nc2cc(Br)ccc12.CCc1ccccc1. The number of benzene rings is 2. The lowest BCUT2D eigenvalue weighted by Crippen LogP contribution is -2.32. The lowest BCUT2D eigenvalue weighted by atomic mass is 10.1. The highest BCUT2D eigenvalue weighted by molar-refractivity contribution is 9.10. The number of hydrogen-bond acceptors (Lipinski definition) is 4. The van der Waals surface area contributed by atoms with Crippen LogP contribution in [0.4, 0.5) is 5.82 Å². The summed E-state index contributed by atoms with van der Waals surface area (Å²) < 4.78 is 0.917. The van der Waals surface area contributed by atoms with E-state index in [0.717, 1.165) is 59.8 Å². The highest BCUT2D eigenvalue weighted by Crippen LogP contribution is 2.31. The normalized spacial score (nSPS) is 13.7. The molecule has 0 spiro atoms. The maximum absolute atomic E-state index is 12.7. The van der Waals surface area contributed by atoms with Crippen molar-refractivity contribution in [2.24, 2.45) is 5.92 Å². The molecule has 0 bridgehead atoms. The number of fused-ring (bicyclic) bond motifs is 1. The number of amides is 2. The van der Waals surface area contributed by atoms with Gasteiger partial charge in [-0.15, -0.1) is 0 Å². The highest BCUT2D eigenvalue weighted by atomic mass is 79.9. The summed E-state index contributed by atoms with van der Waals surface area (Å²) in [5, 5.41) is 1.05. The zero-order valence-electron chi connectivity index (χ0n) is 23.6. The van der Waals surface area contributed by atoms with Gasteiger partial charge in [0.15, 0.2) is 0 Å². The number of halogens is 1. The Morgan fingerprint density at radius 3 is 2.13 bits per heavy atom. The summed E-state index contributed by atoms with van der Waals surface area (Å²) in [6.45, 7) is 15.0. The van der Waals surface area contributed by atoms with Crippen molar-refractivity contribution in [3.05, 3.63) is 81.3 Å². The largest absolute Gasteiger partial charge is 0.299 e. The first-order valence-electron chi connectivity index (χ1n) is 13.6. The van der Waals surface area contributed by atoms with Gasteiger partial charge in [-0.05, 0) is 81.4 Å². The number of carbonyl (C=O) groups excluding carboxylic acids is 2. The predicted molar refractivity (Wildman–Crippen MR) is 161 cm³/mol. The first kappa shape index (κ1) is 29.7. The number of aromatic nitrogens is 1. The van der Waals surface area contributed by atoms with Crippen molar-refractivity contribution in [3.8, 4) is 0 Å². The van der Waals surface area contributed by atoms with Crippen LogP contribution < -0.4 is 4.90 Å². The number of hydrogen-bond donors (Lipinski definition) is 0. The van der Waals surface area contributed by atoms with E-state index in [0.29, 0.717) is 22.9 Å². The van der Waals surface area contributed by atoms with E-state index in [1.54, 1.807) is 13.8 Å². The predicted octanol–water partition coefficient (Wildman–Crippen LogP) is 7.71. The molecule has 4 rings (SSSR count). The average molecular weight is 579 g/mol. The molecule has 5 nitrogen and oxygen atoms in total. The van der Waals surface area contributed by atoms with Gasteiger partial charge in [-0.2, -0.15) is 0 Å². The molecule has 1 aliphatic heterocycles. The minimum Gasteiger partial charge on any atom is -0.299 e. The Balaban J connectivity index is 0.000000427. The fraction of sp³-hybridized carbons (Fsp3) is 0.406. The van der Waals surface area contributed by atoms with Gasteiger partial charge in [0.1, 0.15) is 5.82 Å². The Labute approximate surface area is 236 Å². The maximum atomic E-state index is 12.7. The van der Waals surface area contributed by atoms with Crippen LogP contribution in [-0.4, -0.2) is 34.8 Å². The number of nitrogens with zero attached hydrogens (tertiary/aromatic N) is 3. The zero-order chi connectivity index (χ0) is 27.8. The number of rotatable bonds is 9. The monoisotopic (exact) mass is 577 g/mol. The molecule has 3 aromatic rings. The third kappa shape index (κ3) is 7.39. The van der Waals surface area contributed by atoms with Crippen molar-refractivity contribution >= 4 is 44.5 Å². The van der Waals surface area contributed by atoms with E-state index < -0.39 is 0 Å². The summed E-state index contributed by atoms with van der Waals surface area (Å²) in [6.07, 6.45) is 3.35. The van der Waals surface area contributed by atoms with Crippen molar-refractivity contribution in [1.29, 1.82) is 0 Å². The van der Waals surface area contributed by atoms with E-state index in [-0.39, 0.29) is 11.8 Å². The molecule has 1 aliphatic rings. The summed E-state index contributed by atoms with van der Waals surface area (Å²) in [4.78, 5) is 33.8.